The highest BCUT2D eigenvalue weighted by Gasteiger charge is 2.28. The van der Waals surface area contributed by atoms with E-state index in [2.05, 4.69) is 29.6 Å². The number of benzene rings is 1. The van der Waals surface area contributed by atoms with E-state index in [1.54, 1.807) is 7.11 Å². The van der Waals surface area contributed by atoms with Gasteiger partial charge in [-0.05, 0) is 24.8 Å². The molecule has 5 heteroatoms. The molecule has 2 rings (SSSR count). The Morgan fingerprint density at radius 2 is 2.14 bits per heavy atom. The van der Waals surface area contributed by atoms with Gasteiger partial charge in [-0.2, -0.15) is 0 Å². The van der Waals surface area contributed by atoms with Crippen LogP contribution in [0.25, 0.3) is 0 Å². The minimum Gasteiger partial charge on any atom is -0.383 e. The van der Waals surface area contributed by atoms with Crippen molar-refractivity contribution in [1.29, 1.82) is 0 Å². The number of hydrogen-bond donors (Lipinski definition) is 1. The maximum absolute atomic E-state index is 12.2. The molecule has 0 saturated carbocycles. The van der Waals surface area contributed by atoms with Gasteiger partial charge in [0, 0.05) is 26.2 Å². The number of amides is 1. The zero-order chi connectivity index (χ0) is 14.2. The Bertz CT molecular complexity index is 414. The van der Waals surface area contributed by atoms with Gasteiger partial charge in [0.2, 0.25) is 5.91 Å². The van der Waals surface area contributed by atoms with Crippen LogP contribution in [0.1, 0.15) is 18.4 Å². The maximum Gasteiger partial charge on any atom is 0.236 e. The molecular formula is C16H25ClN2O2. The third kappa shape index (κ3) is 5.65. The van der Waals surface area contributed by atoms with E-state index < -0.39 is 0 Å². The molecule has 1 saturated heterocycles. The van der Waals surface area contributed by atoms with Crippen LogP contribution in [0, 0.1) is 0 Å². The Labute approximate surface area is 133 Å². The van der Waals surface area contributed by atoms with Gasteiger partial charge in [-0.15, -0.1) is 12.4 Å². The number of likely N-dealkylation sites (tertiary alicyclic amines) is 1. The first-order valence-electron chi connectivity index (χ1n) is 7.34. The van der Waals surface area contributed by atoms with Crippen molar-refractivity contribution in [3.63, 3.8) is 0 Å². The smallest absolute Gasteiger partial charge is 0.236 e. The molecule has 1 aromatic rings. The Hall–Kier alpha value is -1.10. The first-order chi connectivity index (χ1) is 9.81. The lowest BCUT2D eigenvalue weighted by Crippen LogP contribution is -2.42. The van der Waals surface area contributed by atoms with Crippen molar-refractivity contribution < 1.29 is 9.53 Å². The molecule has 1 aliphatic rings. The number of ether oxygens (including phenoxy) is 1. The van der Waals surface area contributed by atoms with Crippen LogP contribution in [0.5, 0.6) is 0 Å². The monoisotopic (exact) mass is 312 g/mol. The number of hydrogen-bond acceptors (Lipinski definition) is 3. The molecule has 1 unspecified atom stereocenters. The van der Waals surface area contributed by atoms with Crippen molar-refractivity contribution in [3.05, 3.63) is 35.9 Å². The van der Waals surface area contributed by atoms with Crippen LogP contribution in [0.3, 0.4) is 0 Å². The molecule has 4 nitrogen and oxygen atoms in total. The molecule has 0 aromatic heterocycles. The minimum atomic E-state index is 0. The van der Waals surface area contributed by atoms with E-state index in [1.807, 2.05) is 11.0 Å². The predicted molar refractivity (Wildman–Crippen MR) is 86.9 cm³/mol. The van der Waals surface area contributed by atoms with Gasteiger partial charge in [0.15, 0.2) is 0 Å². The highest BCUT2D eigenvalue weighted by atomic mass is 35.5. The second-order valence-corrected chi connectivity index (χ2v) is 5.24. The third-order valence-corrected chi connectivity index (χ3v) is 3.77. The fourth-order valence-electron chi connectivity index (χ4n) is 2.73. The molecule has 1 heterocycles. The highest BCUT2D eigenvalue weighted by molar-refractivity contribution is 5.85. The highest BCUT2D eigenvalue weighted by Crippen LogP contribution is 2.21. The average molecular weight is 313 g/mol. The van der Waals surface area contributed by atoms with Crippen molar-refractivity contribution in [2.24, 2.45) is 0 Å². The molecule has 118 valence electrons. The summed E-state index contributed by atoms with van der Waals surface area (Å²) in [6.45, 7) is 2.66. The second kappa shape index (κ2) is 9.77. The molecule has 1 atom stereocenters. The van der Waals surface area contributed by atoms with Crippen LogP contribution in [0.15, 0.2) is 30.3 Å². The van der Waals surface area contributed by atoms with Gasteiger partial charge in [-0.3, -0.25) is 4.79 Å². The molecule has 21 heavy (non-hydrogen) atoms. The molecule has 0 aliphatic carbocycles. The molecule has 1 fully saturated rings. The van der Waals surface area contributed by atoms with Gasteiger partial charge >= 0.3 is 0 Å². The van der Waals surface area contributed by atoms with E-state index in [9.17, 15) is 4.79 Å². The Balaban J connectivity index is 0.00000220. The number of carbonyl (C=O) groups excluding carboxylic acids is 1. The van der Waals surface area contributed by atoms with E-state index in [-0.39, 0.29) is 18.3 Å². The van der Waals surface area contributed by atoms with Crippen molar-refractivity contribution >= 4 is 18.3 Å². The van der Waals surface area contributed by atoms with Gasteiger partial charge in [0.1, 0.15) is 0 Å². The van der Waals surface area contributed by atoms with E-state index in [0.29, 0.717) is 19.2 Å². The number of halogens is 1. The molecule has 1 N–H and O–H groups in total. The number of rotatable bonds is 7. The molecule has 0 bridgehead atoms. The van der Waals surface area contributed by atoms with Gasteiger partial charge in [-0.1, -0.05) is 30.3 Å². The second-order valence-electron chi connectivity index (χ2n) is 5.24. The zero-order valence-electron chi connectivity index (χ0n) is 12.6. The van der Waals surface area contributed by atoms with Crippen LogP contribution in [-0.4, -0.2) is 50.2 Å². The quantitative estimate of drug-likeness (QED) is 0.782. The predicted octanol–water partition coefficient (Wildman–Crippen LogP) is 1.88. The van der Waals surface area contributed by atoms with Gasteiger partial charge in [-0.25, -0.2) is 0 Å². The lowest BCUT2D eigenvalue weighted by atomic mass is 10.0. The van der Waals surface area contributed by atoms with Crippen LogP contribution in [0.4, 0.5) is 0 Å². The molecule has 1 aromatic carbocycles. The molecule has 1 amide bonds. The number of nitrogens with zero attached hydrogens (tertiary/aromatic N) is 1. The summed E-state index contributed by atoms with van der Waals surface area (Å²) in [4.78, 5) is 14.3. The first kappa shape index (κ1) is 18.0. The van der Waals surface area contributed by atoms with E-state index in [0.717, 1.165) is 32.4 Å². The molecular weight excluding hydrogens is 288 g/mol. The standard InChI is InChI=1S/C16H24N2O2.ClH/c1-20-11-9-17-13-16(19)18-10-5-8-15(18)12-14-6-3-2-4-7-14;/h2-4,6-7,15,17H,5,8-13H2,1H3;1H. The third-order valence-electron chi connectivity index (χ3n) is 3.77. The number of nitrogens with one attached hydrogen (secondary N) is 1. The lowest BCUT2D eigenvalue weighted by molar-refractivity contribution is -0.131. The fourth-order valence-corrected chi connectivity index (χ4v) is 2.73. The van der Waals surface area contributed by atoms with Crippen LogP contribution < -0.4 is 5.32 Å². The largest absolute Gasteiger partial charge is 0.383 e. The first-order valence-corrected chi connectivity index (χ1v) is 7.34. The Morgan fingerprint density at radius 1 is 1.38 bits per heavy atom. The summed E-state index contributed by atoms with van der Waals surface area (Å²) in [6.07, 6.45) is 3.19. The van der Waals surface area contributed by atoms with Crippen molar-refractivity contribution in [1.82, 2.24) is 10.2 Å². The topological polar surface area (TPSA) is 41.6 Å². The number of methoxy groups -OCH3 is 1. The van der Waals surface area contributed by atoms with Crippen molar-refractivity contribution in [2.75, 3.05) is 33.4 Å². The average Bonchev–Trinajstić information content (AvgIpc) is 2.93. The molecule has 1 aliphatic heterocycles. The SMILES string of the molecule is COCCNCC(=O)N1CCCC1Cc1ccccc1.Cl. The van der Waals surface area contributed by atoms with E-state index >= 15 is 0 Å². The summed E-state index contributed by atoms with van der Waals surface area (Å²) in [5.41, 5.74) is 1.31. The van der Waals surface area contributed by atoms with E-state index in [1.165, 1.54) is 5.56 Å². The zero-order valence-corrected chi connectivity index (χ0v) is 13.4. The van der Waals surface area contributed by atoms with Gasteiger partial charge < -0.3 is 15.0 Å². The van der Waals surface area contributed by atoms with E-state index in [4.69, 9.17) is 4.74 Å². The Kier molecular flexibility index (Phi) is 8.35. The normalized spacial score (nSPS) is 17.6. The summed E-state index contributed by atoms with van der Waals surface area (Å²) < 4.78 is 4.96. The van der Waals surface area contributed by atoms with Gasteiger partial charge in [0.25, 0.3) is 0 Å². The van der Waals surface area contributed by atoms with Crippen molar-refractivity contribution in [3.8, 4) is 0 Å². The lowest BCUT2D eigenvalue weighted by Gasteiger charge is -2.25. The summed E-state index contributed by atoms with van der Waals surface area (Å²) in [5, 5.41) is 3.13. The van der Waals surface area contributed by atoms with Crippen molar-refractivity contribution in [2.45, 2.75) is 25.3 Å². The van der Waals surface area contributed by atoms with Crippen LogP contribution >= 0.6 is 12.4 Å². The summed E-state index contributed by atoms with van der Waals surface area (Å²) in [6, 6.07) is 10.8. The molecule has 0 radical (unpaired) electrons. The maximum atomic E-state index is 12.2. The fraction of sp³-hybridized carbons (Fsp3) is 0.562. The molecule has 0 spiro atoms. The minimum absolute atomic E-state index is 0. The van der Waals surface area contributed by atoms with Gasteiger partial charge in [0.05, 0.1) is 13.2 Å². The Morgan fingerprint density at radius 3 is 2.86 bits per heavy atom. The van der Waals surface area contributed by atoms with Crippen LogP contribution in [0.2, 0.25) is 0 Å². The summed E-state index contributed by atoms with van der Waals surface area (Å²) in [7, 11) is 1.67. The van der Waals surface area contributed by atoms with Crippen LogP contribution in [-0.2, 0) is 16.0 Å². The summed E-state index contributed by atoms with van der Waals surface area (Å²) >= 11 is 0. The summed E-state index contributed by atoms with van der Waals surface area (Å²) in [5.74, 6) is 0.208. The number of carbonyl (C=O) groups is 1.